The number of hydrazone groups is 1. The van der Waals surface area contributed by atoms with Crippen LogP contribution in [0.25, 0.3) is 0 Å². The molecule has 0 spiro atoms. The summed E-state index contributed by atoms with van der Waals surface area (Å²) in [6.07, 6.45) is -0.0571. The molecule has 3 aromatic rings. The van der Waals surface area contributed by atoms with Crippen LogP contribution in [-0.4, -0.2) is 30.5 Å². The van der Waals surface area contributed by atoms with Crippen molar-refractivity contribution in [3.8, 4) is 5.75 Å². The summed E-state index contributed by atoms with van der Waals surface area (Å²) in [5, 5.41) is 12.3. The Morgan fingerprint density at radius 2 is 1.38 bits per heavy atom. The summed E-state index contributed by atoms with van der Waals surface area (Å²) < 4.78 is 5.13. The van der Waals surface area contributed by atoms with E-state index in [9.17, 15) is 14.4 Å². The van der Waals surface area contributed by atoms with Gasteiger partial charge in [0.05, 0.1) is 19.2 Å². The molecular weight excluding hydrogens is 434 g/mol. The zero-order valence-corrected chi connectivity index (χ0v) is 18.8. The molecular formula is C25H25N5O4. The Labute approximate surface area is 197 Å². The first-order valence-electron chi connectivity index (χ1n) is 10.4. The first-order valence-corrected chi connectivity index (χ1v) is 10.4. The SMILES string of the molecule is COc1ccccc1NC(=O)C(=O)N/N=C(/C)CC(=O)Nc1ccc(Nc2ccccc2)cc1. The number of rotatable bonds is 8. The summed E-state index contributed by atoms with van der Waals surface area (Å²) >= 11 is 0. The molecule has 0 aromatic heterocycles. The minimum Gasteiger partial charge on any atom is -0.495 e. The minimum absolute atomic E-state index is 0.0571. The number of nitrogens with one attached hydrogen (secondary N) is 4. The van der Waals surface area contributed by atoms with Crippen molar-refractivity contribution in [3.63, 3.8) is 0 Å². The van der Waals surface area contributed by atoms with Gasteiger partial charge in [-0.15, -0.1) is 0 Å². The second-order valence-corrected chi connectivity index (χ2v) is 7.24. The fourth-order valence-corrected chi connectivity index (χ4v) is 2.93. The topological polar surface area (TPSA) is 121 Å². The molecule has 0 saturated heterocycles. The van der Waals surface area contributed by atoms with Crippen molar-refractivity contribution in [2.24, 2.45) is 5.10 Å². The summed E-state index contributed by atoms with van der Waals surface area (Å²) in [6, 6.07) is 23.7. The highest BCUT2D eigenvalue weighted by Crippen LogP contribution is 2.22. The molecule has 0 bridgehead atoms. The van der Waals surface area contributed by atoms with E-state index in [1.54, 1.807) is 43.3 Å². The molecule has 0 heterocycles. The molecule has 34 heavy (non-hydrogen) atoms. The summed E-state index contributed by atoms with van der Waals surface area (Å²) in [4.78, 5) is 36.4. The third-order valence-electron chi connectivity index (χ3n) is 4.56. The van der Waals surface area contributed by atoms with E-state index in [0.29, 0.717) is 22.8 Å². The molecule has 9 nitrogen and oxygen atoms in total. The highest BCUT2D eigenvalue weighted by Gasteiger charge is 2.15. The largest absolute Gasteiger partial charge is 0.495 e. The van der Waals surface area contributed by atoms with Crippen molar-refractivity contribution in [2.45, 2.75) is 13.3 Å². The Bertz CT molecular complexity index is 1180. The van der Waals surface area contributed by atoms with Gasteiger partial charge < -0.3 is 20.7 Å². The van der Waals surface area contributed by atoms with Gasteiger partial charge in [0.1, 0.15) is 5.75 Å². The minimum atomic E-state index is -0.966. The van der Waals surface area contributed by atoms with Gasteiger partial charge >= 0.3 is 11.8 Å². The average molecular weight is 460 g/mol. The van der Waals surface area contributed by atoms with Gasteiger partial charge in [-0.2, -0.15) is 5.10 Å². The Morgan fingerprint density at radius 3 is 2.09 bits per heavy atom. The number of benzene rings is 3. The number of carbonyl (C=O) groups is 3. The van der Waals surface area contributed by atoms with E-state index in [4.69, 9.17) is 4.74 Å². The normalized spacial score (nSPS) is 10.7. The van der Waals surface area contributed by atoms with Crippen LogP contribution in [0.2, 0.25) is 0 Å². The first kappa shape index (κ1) is 24.0. The van der Waals surface area contributed by atoms with Gasteiger partial charge in [-0.25, -0.2) is 5.43 Å². The number of carbonyl (C=O) groups excluding carboxylic acids is 3. The summed E-state index contributed by atoms with van der Waals surface area (Å²) in [7, 11) is 1.46. The number of hydrogen-bond donors (Lipinski definition) is 4. The van der Waals surface area contributed by atoms with E-state index in [-0.39, 0.29) is 12.3 Å². The molecule has 0 atom stereocenters. The molecule has 3 amide bonds. The van der Waals surface area contributed by atoms with Crippen LogP contribution < -0.4 is 26.1 Å². The van der Waals surface area contributed by atoms with Gasteiger partial charge in [-0.1, -0.05) is 30.3 Å². The molecule has 3 aromatic carbocycles. The second kappa shape index (κ2) is 11.8. The van der Waals surface area contributed by atoms with Crippen molar-refractivity contribution >= 4 is 46.2 Å². The van der Waals surface area contributed by atoms with E-state index in [1.165, 1.54) is 7.11 Å². The second-order valence-electron chi connectivity index (χ2n) is 7.24. The van der Waals surface area contributed by atoms with Crippen LogP contribution in [0, 0.1) is 0 Å². The number of anilines is 4. The number of nitrogens with zero attached hydrogens (tertiary/aromatic N) is 1. The number of hydrogen-bond acceptors (Lipinski definition) is 6. The fourth-order valence-electron chi connectivity index (χ4n) is 2.93. The zero-order chi connectivity index (χ0) is 24.3. The molecule has 0 fully saturated rings. The molecule has 174 valence electrons. The number of amides is 3. The van der Waals surface area contributed by atoms with Crippen LogP contribution in [0.4, 0.5) is 22.7 Å². The van der Waals surface area contributed by atoms with Gasteiger partial charge in [-0.05, 0) is 55.5 Å². The maximum absolute atomic E-state index is 12.3. The van der Waals surface area contributed by atoms with E-state index < -0.39 is 11.8 Å². The summed E-state index contributed by atoms with van der Waals surface area (Å²) in [6.45, 7) is 1.57. The smallest absolute Gasteiger partial charge is 0.329 e. The van der Waals surface area contributed by atoms with Crippen LogP contribution >= 0.6 is 0 Å². The monoisotopic (exact) mass is 459 g/mol. The van der Waals surface area contributed by atoms with Crippen LogP contribution in [0.15, 0.2) is 84.0 Å². The Balaban J connectivity index is 1.46. The lowest BCUT2D eigenvalue weighted by molar-refractivity contribution is -0.136. The maximum atomic E-state index is 12.3. The first-order chi connectivity index (χ1) is 16.4. The van der Waals surface area contributed by atoms with E-state index in [2.05, 4.69) is 26.5 Å². The van der Waals surface area contributed by atoms with Gasteiger partial charge in [0.25, 0.3) is 0 Å². The quantitative estimate of drug-likeness (QED) is 0.231. The highest BCUT2D eigenvalue weighted by atomic mass is 16.5. The average Bonchev–Trinajstić information content (AvgIpc) is 2.84. The molecule has 0 aliphatic heterocycles. The molecule has 3 rings (SSSR count). The Hall–Kier alpha value is -4.66. The summed E-state index contributed by atoms with van der Waals surface area (Å²) in [5.74, 6) is -1.76. The number of methoxy groups -OCH3 is 1. The lowest BCUT2D eigenvalue weighted by atomic mass is 10.2. The van der Waals surface area contributed by atoms with Crippen LogP contribution in [0.1, 0.15) is 13.3 Å². The Morgan fingerprint density at radius 1 is 0.765 bits per heavy atom. The maximum Gasteiger partial charge on any atom is 0.329 e. The molecule has 0 aliphatic carbocycles. The van der Waals surface area contributed by atoms with Crippen LogP contribution in [0.3, 0.4) is 0 Å². The van der Waals surface area contributed by atoms with Gasteiger partial charge in [-0.3, -0.25) is 14.4 Å². The molecule has 0 aliphatic rings. The molecule has 9 heteroatoms. The third kappa shape index (κ3) is 7.20. The molecule has 0 radical (unpaired) electrons. The van der Waals surface area contributed by atoms with E-state index in [0.717, 1.165) is 11.4 Å². The molecule has 4 N–H and O–H groups in total. The van der Waals surface area contributed by atoms with Gasteiger partial charge in [0, 0.05) is 22.8 Å². The van der Waals surface area contributed by atoms with Crippen molar-refractivity contribution in [1.82, 2.24) is 5.43 Å². The lowest BCUT2D eigenvalue weighted by Crippen LogP contribution is -2.33. The number of para-hydroxylation sites is 3. The van der Waals surface area contributed by atoms with Crippen LogP contribution in [0.5, 0.6) is 5.75 Å². The molecule has 0 unspecified atom stereocenters. The van der Waals surface area contributed by atoms with Gasteiger partial charge in [0.2, 0.25) is 5.91 Å². The van der Waals surface area contributed by atoms with E-state index >= 15 is 0 Å². The third-order valence-corrected chi connectivity index (χ3v) is 4.56. The fraction of sp³-hybridized carbons (Fsp3) is 0.120. The highest BCUT2D eigenvalue weighted by molar-refractivity contribution is 6.39. The van der Waals surface area contributed by atoms with Crippen molar-refractivity contribution in [1.29, 1.82) is 0 Å². The summed E-state index contributed by atoms with van der Waals surface area (Å²) in [5.41, 5.74) is 5.31. The Kier molecular flexibility index (Phi) is 8.34. The molecule has 0 saturated carbocycles. The van der Waals surface area contributed by atoms with Crippen molar-refractivity contribution < 1.29 is 19.1 Å². The van der Waals surface area contributed by atoms with E-state index in [1.807, 2.05) is 42.5 Å². The van der Waals surface area contributed by atoms with Crippen LogP contribution in [-0.2, 0) is 14.4 Å². The number of ether oxygens (including phenoxy) is 1. The zero-order valence-electron chi connectivity index (χ0n) is 18.8. The predicted molar refractivity (Wildman–Crippen MR) is 132 cm³/mol. The van der Waals surface area contributed by atoms with Crippen molar-refractivity contribution in [2.75, 3.05) is 23.1 Å². The predicted octanol–water partition coefficient (Wildman–Crippen LogP) is 3.90. The van der Waals surface area contributed by atoms with Gasteiger partial charge in [0.15, 0.2) is 0 Å². The lowest BCUT2D eigenvalue weighted by Gasteiger charge is -2.09. The van der Waals surface area contributed by atoms with Crippen molar-refractivity contribution in [3.05, 3.63) is 78.9 Å². The standard InChI is InChI=1S/C25H25N5O4/c1-17(29-30-25(33)24(32)28-21-10-6-7-11-22(21)34-2)16-23(31)27-20-14-12-19(13-15-20)26-18-8-4-3-5-9-18/h3-15,26H,16H2,1-2H3,(H,27,31)(H,28,32)(H,30,33)/b29-17-.